The number of hydrogen-bond donors (Lipinski definition) is 2. The number of nitrogens with one attached hydrogen (secondary N) is 1. The third-order valence-electron chi connectivity index (χ3n) is 3.48. The highest BCUT2D eigenvalue weighted by atomic mass is 35.5. The number of hydrogen-bond acceptors (Lipinski definition) is 5. The summed E-state index contributed by atoms with van der Waals surface area (Å²) in [5, 5.41) is 12.8. The molecule has 1 aliphatic rings. The van der Waals surface area contributed by atoms with Gasteiger partial charge in [-0.15, -0.1) is 0 Å². The van der Waals surface area contributed by atoms with Gasteiger partial charge in [0.2, 0.25) is 0 Å². The topological polar surface area (TPSA) is 88.1 Å². The highest BCUT2D eigenvalue weighted by Gasteiger charge is 2.35. The van der Waals surface area contributed by atoms with Gasteiger partial charge < -0.3 is 15.8 Å². The number of rotatable bonds is 4. The van der Waals surface area contributed by atoms with Gasteiger partial charge in [0.1, 0.15) is 12.4 Å². The largest absolute Gasteiger partial charge is 0.458 e. The van der Waals surface area contributed by atoms with Crippen molar-refractivity contribution in [2.24, 2.45) is 5.73 Å². The Kier molecular flexibility index (Phi) is 5.09. The molecule has 1 heterocycles. The molecule has 0 aliphatic carbocycles. The normalized spacial score (nSPS) is 17.3. The van der Waals surface area contributed by atoms with Crippen LogP contribution in [0.5, 0.6) is 0 Å². The summed E-state index contributed by atoms with van der Waals surface area (Å²) in [6, 6.07) is 9.09. The summed E-state index contributed by atoms with van der Waals surface area (Å²) in [5.74, 6) is -1.01. The third-order valence-corrected chi connectivity index (χ3v) is 3.83. The Morgan fingerprint density at radius 3 is 2.87 bits per heavy atom. The van der Waals surface area contributed by atoms with Crippen molar-refractivity contribution in [2.75, 3.05) is 6.61 Å². The summed E-state index contributed by atoms with van der Waals surface area (Å²) in [6.07, 6.45) is 1.48. The van der Waals surface area contributed by atoms with Gasteiger partial charge in [0.15, 0.2) is 0 Å². The Morgan fingerprint density at radius 1 is 1.57 bits per heavy atom. The molecule has 1 unspecified atom stereocenters. The van der Waals surface area contributed by atoms with E-state index in [1.807, 2.05) is 0 Å². The molecule has 0 aromatic heterocycles. The highest BCUT2D eigenvalue weighted by Crippen LogP contribution is 2.40. The lowest BCUT2D eigenvalue weighted by molar-refractivity contribution is -0.138. The minimum absolute atomic E-state index is 0.0753. The van der Waals surface area contributed by atoms with Crippen LogP contribution in [-0.2, 0) is 9.53 Å². The van der Waals surface area contributed by atoms with Crippen molar-refractivity contribution < 1.29 is 9.53 Å². The molecule has 23 heavy (non-hydrogen) atoms. The van der Waals surface area contributed by atoms with E-state index in [-0.39, 0.29) is 18.0 Å². The van der Waals surface area contributed by atoms with Crippen LogP contribution in [-0.4, -0.2) is 12.6 Å². The molecule has 0 saturated carbocycles. The number of carbonyl (C=O) groups is 1. The molecule has 2 rings (SSSR count). The Balaban J connectivity index is 2.60. The quantitative estimate of drug-likeness (QED) is 0.655. The Bertz CT molecular complexity index is 759. The zero-order chi connectivity index (χ0) is 17.0. The average molecular weight is 330 g/mol. The predicted octanol–water partition coefficient (Wildman–Crippen LogP) is 2.72. The van der Waals surface area contributed by atoms with Gasteiger partial charge in [-0.05, 0) is 18.6 Å². The minimum atomic E-state index is -0.674. The molecule has 1 atom stereocenters. The van der Waals surface area contributed by atoms with Crippen molar-refractivity contribution >= 4 is 17.6 Å². The molecule has 1 aromatic rings. The molecule has 1 aliphatic heterocycles. The second-order valence-electron chi connectivity index (χ2n) is 4.94. The lowest BCUT2D eigenvalue weighted by Crippen LogP contribution is -2.33. The van der Waals surface area contributed by atoms with Gasteiger partial charge in [-0.25, -0.2) is 4.79 Å². The van der Waals surface area contributed by atoms with Crippen LogP contribution in [0.15, 0.2) is 59.6 Å². The van der Waals surface area contributed by atoms with Gasteiger partial charge in [-0.1, -0.05) is 42.5 Å². The van der Waals surface area contributed by atoms with Gasteiger partial charge in [0.25, 0.3) is 0 Å². The molecule has 0 bridgehead atoms. The van der Waals surface area contributed by atoms with E-state index in [1.165, 1.54) is 6.08 Å². The molecular weight excluding hydrogens is 314 g/mol. The fourth-order valence-electron chi connectivity index (χ4n) is 2.48. The molecule has 0 saturated heterocycles. The molecule has 118 valence electrons. The van der Waals surface area contributed by atoms with Crippen LogP contribution in [0.1, 0.15) is 18.4 Å². The van der Waals surface area contributed by atoms with Crippen LogP contribution in [0.2, 0.25) is 5.02 Å². The molecule has 0 radical (unpaired) electrons. The van der Waals surface area contributed by atoms with Crippen LogP contribution in [0.3, 0.4) is 0 Å². The standard InChI is InChI=1S/C17H16ClN3O2/c1-3-8-23-17(22)14-10(2)21-16(20)12(9-19)15(14)11-6-4-5-7-13(11)18/h3-7,15,21H,1,8,20H2,2H3. The molecule has 6 heteroatoms. The smallest absolute Gasteiger partial charge is 0.337 e. The average Bonchev–Trinajstić information content (AvgIpc) is 2.52. The van der Waals surface area contributed by atoms with Gasteiger partial charge in [-0.3, -0.25) is 0 Å². The van der Waals surface area contributed by atoms with Crippen molar-refractivity contribution in [3.8, 4) is 6.07 Å². The zero-order valence-corrected chi connectivity index (χ0v) is 13.4. The van der Waals surface area contributed by atoms with Crippen molar-refractivity contribution in [2.45, 2.75) is 12.8 Å². The zero-order valence-electron chi connectivity index (χ0n) is 12.6. The lowest BCUT2D eigenvalue weighted by Gasteiger charge is -2.28. The maximum atomic E-state index is 12.4. The van der Waals surface area contributed by atoms with Crippen LogP contribution in [0.4, 0.5) is 0 Å². The van der Waals surface area contributed by atoms with Gasteiger partial charge >= 0.3 is 5.97 Å². The first-order valence-corrected chi connectivity index (χ1v) is 7.29. The van der Waals surface area contributed by atoms with Gasteiger partial charge in [0, 0.05) is 10.7 Å². The van der Waals surface area contributed by atoms with E-state index < -0.39 is 11.9 Å². The van der Waals surface area contributed by atoms with Crippen molar-refractivity contribution in [3.63, 3.8) is 0 Å². The first kappa shape index (κ1) is 16.7. The summed E-state index contributed by atoms with van der Waals surface area (Å²) < 4.78 is 5.15. The fourth-order valence-corrected chi connectivity index (χ4v) is 2.73. The van der Waals surface area contributed by atoms with Crippen molar-refractivity contribution in [1.29, 1.82) is 5.26 Å². The van der Waals surface area contributed by atoms with Crippen LogP contribution < -0.4 is 11.1 Å². The Labute approximate surface area is 139 Å². The predicted molar refractivity (Wildman–Crippen MR) is 88.0 cm³/mol. The first-order chi connectivity index (χ1) is 11.0. The van der Waals surface area contributed by atoms with Crippen LogP contribution in [0.25, 0.3) is 0 Å². The van der Waals surface area contributed by atoms with Gasteiger partial charge in [-0.2, -0.15) is 5.26 Å². The highest BCUT2D eigenvalue weighted by molar-refractivity contribution is 6.31. The number of halogens is 1. The Hall–Kier alpha value is -2.71. The van der Waals surface area contributed by atoms with Crippen molar-refractivity contribution in [1.82, 2.24) is 5.32 Å². The minimum Gasteiger partial charge on any atom is -0.458 e. The van der Waals surface area contributed by atoms with Crippen molar-refractivity contribution in [3.05, 3.63) is 70.2 Å². The molecule has 0 spiro atoms. The van der Waals surface area contributed by atoms with E-state index in [9.17, 15) is 10.1 Å². The Morgan fingerprint density at radius 2 is 2.26 bits per heavy atom. The number of esters is 1. The summed E-state index contributed by atoms with van der Waals surface area (Å²) >= 11 is 6.27. The molecule has 0 fully saturated rings. The number of nitrogens with two attached hydrogens (primary N) is 1. The molecular formula is C17H16ClN3O2. The SMILES string of the molecule is C=CCOC(=O)C1=C(C)NC(N)=C(C#N)C1c1ccccc1Cl. The monoisotopic (exact) mass is 329 g/mol. The molecule has 1 aromatic carbocycles. The van der Waals surface area contributed by atoms with E-state index in [4.69, 9.17) is 22.1 Å². The van der Waals surface area contributed by atoms with E-state index >= 15 is 0 Å². The van der Waals surface area contributed by atoms with Crippen LogP contribution >= 0.6 is 11.6 Å². The first-order valence-electron chi connectivity index (χ1n) is 6.91. The second kappa shape index (κ2) is 7.03. The molecule has 3 N–H and O–H groups in total. The fraction of sp³-hybridized carbons (Fsp3) is 0.176. The maximum absolute atomic E-state index is 12.4. The number of carbonyl (C=O) groups excluding carboxylic acids is 1. The lowest BCUT2D eigenvalue weighted by atomic mass is 9.82. The van der Waals surface area contributed by atoms with E-state index in [2.05, 4.69) is 18.0 Å². The third kappa shape index (κ3) is 3.22. The summed E-state index contributed by atoms with van der Waals surface area (Å²) in [5.41, 5.74) is 7.62. The summed E-state index contributed by atoms with van der Waals surface area (Å²) in [6.45, 7) is 5.30. The second-order valence-corrected chi connectivity index (χ2v) is 5.35. The summed E-state index contributed by atoms with van der Waals surface area (Å²) in [7, 11) is 0. The molecule has 5 nitrogen and oxygen atoms in total. The maximum Gasteiger partial charge on any atom is 0.337 e. The number of ether oxygens (including phenoxy) is 1. The number of nitriles is 1. The number of nitrogens with zero attached hydrogens (tertiary/aromatic N) is 1. The number of dihydropyridines is 1. The van der Waals surface area contributed by atoms with Gasteiger partial charge in [0.05, 0.1) is 23.1 Å². The number of allylic oxidation sites excluding steroid dienone is 2. The van der Waals surface area contributed by atoms with Crippen LogP contribution in [0, 0.1) is 11.3 Å². The van der Waals surface area contributed by atoms with E-state index in [0.717, 1.165) is 0 Å². The number of benzene rings is 1. The summed E-state index contributed by atoms with van der Waals surface area (Å²) in [4.78, 5) is 12.4. The van der Waals surface area contributed by atoms with E-state index in [0.29, 0.717) is 21.9 Å². The molecule has 0 amide bonds. The van der Waals surface area contributed by atoms with E-state index in [1.54, 1.807) is 31.2 Å².